The minimum Gasteiger partial charge on any atom is -0.356 e. The number of halogens is 1. The average Bonchev–Trinajstić information content (AvgIpc) is 2.52. The lowest BCUT2D eigenvalue weighted by Crippen LogP contribution is -2.39. The summed E-state index contributed by atoms with van der Waals surface area (Å²) < 4.78 is 22.8. The van der Waals surface area contributed by atoms with Crippen molar-refractivity contribution in [1.29, 1.82) is 0 Å². The highest BCUT2D eigenvalue weighted by Gasteiger charge is 2.06. The van der Waals surface area contributed by atoms with Crippen LogP contribution in [-0.2, 0) is 16.3 Å². The minimum atomic E-state index is -3.13. The number of hydrogen-bond donors (Lipinski definition) is 2. The molecule has 0 atom stereocenters. The Labute approximate surface area is 166 Å². The van der Waals surface area contributed by atoms with Crippen molar-refractivity contribution in [3.8, 4) is 0 Å². The number of aliphatic imine (C=N–C) groups is 1. The molecule has 1 rings (SSSR count). The highest BCUT2D eigenvalue weighted by atomic mass is 127. The molecule has 0 saturated carbocycles. The van der Waals surface area contributed by atoms with E-state index in [0.717, 1.165) is 42.5 Å². The molecule has 0 amide bonds. The number of hydrogen-bond acceptors (Lipinski definition) is 4. The van der Waals surface area contributed by atoms with Crippen LogP contribution >= 0.6 is 35.7 Å². The van der Waals surface area contributed by atoms with E-state index in [2.05, 4.69) is 22.2 Å². The second-order valence-corrected chi connectivity index (χ2v) is 8.12. The summed E-state index contributed by atoms with van der Waals surface area (Å²) >= 11 is 1.82. The maximum absolute atomic E-state index is 11.4. The molecular weight excluding hydrogens is 457 g/mol. The van der Waals surface area contributed by atoms with Crippen molar-refractivity contribution in [3.05, 3.63) is 42.5 Å². The summed E-state index contributed by atoms with van der Waals surface area (Å²) in [4.78, 5) is 4.52. The first-order chi connectivity index (χ1) is 11.0. The Kier molecular flexibility index (Phi) is 12.2. The number of thioether (sulfide) groups is 1. The first kappa shape index (κ1) is 23.3. The van der Waals surface area contributed by atoms with Crippen molar-refractivity contribution >= 4 is 51.5 Å². The first-order valence-electron chi connectivity index (χ1n) is 7.39. The minimum absolute atomic E-state index is 0. The maximum atomic E-state index is 11.4. The van der Waals surface area contributed by atoms with Crippen LogP contribution in [0.15, 0.2) is 46.8 Å². The highest BCUT2D eigenvalue weighted by molar-refractivity contribution is 14.0. The molecule has 24 heavy (non-hydrogen) atoms. The third-order valence-electron chi connectivity index (χ3n) is 3.06. The zero-order chi connectivity index (χ0) is 17.1. The molecule has 0 aliphatic heterocycles. The maximum Gasteiger partial charge on any atom is 0.191 e. The molecule has 1 aromatic carbocycles. The van der Waals surface area contributed by atoms with E-state index in [-0.39, 0.29) is 24.0 Å². The van der Waals surface area contributed by atoms with Gasteiger partial charge < -0.3 is 10.6 Å². The largest absolute Gasteiger partial charge is 0.356 e. The normalized spacial score (nSPS) is 11.5. The van der Waals surface area contributed by atoms with Crippen molar-refractivity contribution in [2.24, 2.45) is 4.99 Å². The van der Waals surface area contributed by atoms with Crippen molar-refractivity contribution in [2.45, 2.75) is 11.3 Å². The Morgan fingerprint density at radius 2 is 1.88 bits per heavy atom. The van der Waals surface area contributed by atoms with Gasteiger partial charge in [0.15, 0.2) is 15.8 Å². The molecule has 0 spiro atoms. The molecule has 0 aliphatic carbocycles. The van der Waals surface area contributed by atoms with Gasteiger partial charge in [-0.25, -0.2) is 8.42 Å². The Hall–Kier alpha value is -0.740. The van der Waals surface area contributed by atoms with E-state index < -0.39 is 9.84 Å². The lowest BCUT2D eigenvalue weighted by molar-refractivity contribution is 0.602. The van der Waals surface area contributed by atoms with Gasteiger partial charge in [-0.2, -0.15) is 11.8 Å². The Morgan fingerprint density at radius 3 is 2.42 bits per heavy atom. The molecule has 8 heteroatoms. The number of nitrogens with zero attached hydrogens (tertiary/aromatic N) is 1. The van der Waals surface area contributed by atoms with Gasteiger partial charge in [0.05, 0.1) is 4.90 Å². The van der Waals surface area contributed by atoms with Gasteiger partial charge >= 0.3 is 0 Å². The number of benzene rings is 1. The lowest BCUT2D eigenvalue weighted by atomic mass is 10.1. The van der Waals surface area contributed by atoms with E-state index in [1.54, 1.807) is 19.2 Å². The van der Waals surface area contributed by atoms with Gasteiger partial charge in [-0.15, -0.1) is 30.6 Å². The number of rotatable bonds is 9. The van der Waals surface area contributed by atoms with E-state index >= 15 is 0 Å². The van der Waals surface area contributed by atoms with Gasteiger partial charge in [0.2, 0.25) is 0 Å². The molecule has 0 aromatic heterocycles. The predicted octanol–water partition coefficient (Wildman–Crippen LogP) is 2.33. The summed E-state index contributed by atoms with van der Waals surface area (Å²) in [6.07, 6.45) is 3.91. The molecule has 0 heterocycles. The third-order valence-corrected chi connectivity index (χ3v) is 5.15. The zero-order valence-corrected chi connectivity index (χ0v) is 18.1. The van der Waals surface area contributed by atoms with Crippen LogP contribution in [0.1, 0.15) is 5.56 Å². The van der Waals surface area contributed by atoms with Crippen molar-refractivity contribution < 1.29 is 8.42 Å². The Bertz CT molecular complexity index is 617. The number of guanidine groups is 1. The second kappa shape index (κ2) is 12.6. The van der Waals surface area contributed by atoms with Gasteiger partial charge in [-0.1, -0.05) is 18.2 Å². The summed E-state index contributed by atoms with van der Waals surface area (Å²) in [5.74, 6) is 2.73. The summed E-state index contributed by atoms with van der Waals surface area (Å²) in [6, 6.07) is 6.99. The topological polar surface area (TPSA) is 70.6 Å². The Balaban J connectivity index is 0.00000529. The van der Waals surface area contributed by atoms with Crippen LogP contribution in [0.25, 0.3) is 0 Å². The summed E-state index contributed by atoms with van der Waals surface area (Å²) in [5.41, 5.74) is 1.09. The quantitative estimate of drug-likeness (QED) is 0.186. The zero-order valence-electron chi connectivity index (χ0n) is 14.1. The molecule has 0 radical (unpaired) electrons. The predicted molar refractivity (Wildman–Crippen MR) is 116 cm³/mol. The van der Waals surface area contributed by atoms with E-state index in [1.165, 1.54) is 6.26 Å². The van der Waals surface area contributed by atoms with Gasteiger partial charge in [0, 0.05) is 37.9 Å². The number of nitrogens with one attached hydrogen (secondary N) is 2. The summed E-state index contributed by atoms with van der Waals surface area (Å²) in [5, 5.41) is 6.49. The molecule has 0 saturated heterocycles. The molecule has 0 fully saturated rings. The molecule has 0 aliphatic rings. The fourth-order valence-electron chi connectivity index (χ4n) is 1.86. The lowest BCUT2D eigenvalue weighted by Gasteiger charge is -2.11. The molecular formula is C16H26IN3O2S2. The molecule has 5 nitrogen and oxygen atoms in total. The molecule has 1 aromatic rings. The monoisotopic (exact) mass is 483 g/mol. The van der Waals surface area contributed by atoms with E-state index in [0.29, 0.717) is 4.90 Å². The van der Waals surface area contributed by atoms with E-state index in [1.807, 2.05) is 30.0 Å². The van der Waals surface area contributed by atoms with Crippen molar-refractivity contribution in [1.82, 2.24) is 10.6 Å². The fourth-order valence-corrected chi connectivity index (χ4v) is 3.07. The fraction of sp³-hybridized carbons (Fsp3) is 0.438. The van der Waals surface area contributed by atoms with Crippen LogP contribution in [0, 0.1) is 0 Å². The van der Waals surface area contributed by atoms with Gasteiger partial charge in [-0.05, 0) is 24.1 Å². The van der Waals surface area contributed by atoms with Crippen LogP contribution in [0.5, 0.6) is 0 Å². The molecule has 136 valence electrons. The van der Waals surface area contributed by atoms with Gasteiger partial charge in [0.1, 0.15) is 0 Å². The van der Waals surface area contributed by atoms with Crippen molar-refractivity contribution in [2.75, 3.05) is 37.9 Å². The van der Waals surface area contributed by atoms with Crippen LogP contribution in [-0.4, -0.2) is 52.3 Å². The third kappa shape index (κ3) is 9.53. The van der Waals surface area contributed by atoms with Gasteiger partial charge in [-0.3, -0.25) is 4.99 Å². The smallest absolute Gasteiger partial charge is 0.191 e. The second-order valence-electron chi connectivity index (χ2n) is 4.96. The first-order valence-corrected chi connectivity index (χ1v) is 10.4. The molecule has 0 bridgehead atoms. The van der Waals surface area contributed by atoms with Crippen LogP contribution in [0.4, 0.5) is 0 Å². The highest BCUT2D eigenvalue weighted by Crippen LogP contribution is 2.10. The van der Waals surface area contributed by atoms with Crippen LogP contribution in [0.2, 0.25) is 0 Å². The van der Waals surface area contributed by atoms with E-state index in [9.17, 15) is 8.42 Å². The Morgan fingerprint density at radius 1 is 1.25 bits per heavy atom. The van der Waals surface area contributed by atoms with Gasteiger partial charge in [0.25, 0.3) is 0 Å². The van der Waals surface area contributed by atoms with Crippen molar-refractivity contribution in [3.63, 3.8) is 0 Å². The van der Waals surface area contributed by atoms with Crippen LogP contribution in [0.3, 0.4) is 0 Å². The van der Waals surface area contributed by atoms with E-state index in [4.69, 9.17) is 0 Å². The molecule has 2 N–H and O–H groups in total. The van der Waals surface area contributed by atoms with Crippen LogP contribution < -0.4 is 10.6 Å². The standard InChI is InChI=1S/C16H25N3O2S2.HI/c1-4-12-22-13-11-19-16(17-2)18-10-9-14-5-7-15(8-6-14)23(3,20)21;/h4-8H,1,9-13H2,2-3H3,(H2,17,18,19);1H. The summed E-state index contributed by atoms with van der Waals surface area (Å²) in [7, 11) is -1.38. The summed E-state index contributed by atoms with van der Waals surface area (Å²) in [6.45, 7) is 5.27. The molecule has 0 unspecified atom stereocenters. The average molecular weight is 483 g/mol. The number of sulfone groups is 1. The SMILES string of the molecule is C=CCSCCNC(=NC)NCCc1ccc(S(C)(=O)=O)cc1.I.